The number of unbranched alkanes of at least 4 members (excludes halogenated alkanes) is 2. The van der Waals surface area contributed by atoms with Gasteiger partial charge in [0.25, 0.3) is 11.4 Å². The average molecular weight is 1030 g/mol. The number of amides is 1. The van der Waals surface area contributed by atoms with Crippen molar-refractivity contribution in [1.82, 2.24) is 4.90 Å². The number of aliphatic hydroxyl groups is 2. The molecule has 6 unspecified atom stereocenters. The molecular weight excluding hydrogens is 973 g/mol. The van der Waals surface area contributed by atoms with Crippen LogP contribution < -0.4 is 14.2 Å². The molecule has 17 heteroatoms. The quantitative estimate of drug-likeness (QED) is 0.0201. The monoisotopic (exact) mass is 1030 g/mol. The molecule has 3 aliphatic rings. The lowest BCUT2D eigenvalue weighted by Crippen LogP contribution is -2.70. The van der Waals surface area contributed by atoms with E-state index in [0.717, 1.165) is 33.8 Å². The highest BCUT2D eigenvalue weighted by molar-refractivity contribution is 6.03. The van der Waals surface area contributed by atoms with Crippen molar-refractivity contribution in [2.24, 2.45) is 22.9 Å². The smallest absolute Gasteiger partial charge is 0.416 e. The number of non-ortho nitro benzene ring substituents is 2. The molecule has 6 atom stereocenters. The van der Waals surface area contributed by atoms with Crippen LogP contribution in [0, 0.1) is 38.0 Å². The molecule has 17 nitrogen and oxygen atoms in total. The number of rotatable bonds is 23. The summed E-state index contributed by atoms with van der Waals surface area (Å²) in [5.41, 5.74) is 3.60. The maximum atomic E-state index is 15.5. The standard InChI is InChI=1S/C59H58N4O13/c1-2-31-72-59-55(61(36-43-15-10-14-41-12-3-4-17-49(41)43)58(67)75-46-25-23-45(24-26-46)63(70)71)35-53(60-73-38-39-19-21-44(22-20-39)62(68)69)51-33-42(13-5-7-29-64)50(18-6-8-30-65)56(57(51)59)52-34-48(27-28-54(52)76-59)74-47-16-9-11-40(32-47)37-66/h2-4,9-12,14-17,19-28,32-34,37,42,50,55-57,64-65H,1,5-8,13,18,29-31,35-36,38H2. The molecule has 9 rings (SSSR count). The normalized spacial score (nSPS) is 20.8. The fraction of sp³-hybridized carbons (Fsp3) is 0.305. The minimum Gasteiger partial charge on any atom is -0.459 e. The number of nitro groups is 2. The van der Waals surface area contributed by atoms with E-state index >= 15 is 4.79 Å². The second-order valence-electron chi connectivity index (χ2n) is 19.1. The zero-order valence-corrected chi connectivity index (χ0v) is 41.7. The van der Waals surface area contributed by atoms with Crippen molar-refractivity contribution >= 4 is 40.2 Å². The van der Waals surface area contributed by atoms with E-state index in [2.05, 4.69) is 12.7 Å². The Labute approximate surface area is 438 Å². The predicted octanol–water partition coefficient (Wildman–Crippen LogP) is 11.8. The molecule has 1 fully saturated rings. The van der Waals surface area contributed by atoms with Gasteiger partial charge in [-0.3, -0.25) is 29.9 Å². The summed E-state index contributed by atoms with van der Waals surface area (Å²) in [6, 6.07) is 36.2. The number of nitrogens with zero attached hydrogens (tertiary/aromatic N) is 4. The summed E-state index contributed by atoms with van der Waals surface area (Å²) in [6.45, 7) is 3.95. The van der Waals surface area contributed by atoms with Gasteiger partial charge in [-0.25, -0.2) is 4.79 Å². The van der Waals surface area contributed by atoms with E-state index in [9.17, 15) is 35.2 Å². The van der Waals surface area contributed by atoms with Crippen molar-refractivity contribution < 1.29 is 53.4 Å². The van der Waals surface area contributed by atoms with Crippen molar-refractivity contribution in [3.05, 3.63) is 200 Å². The van der Waals surface area contributed by atoms with E-state index in [-0.39, 0.29) is 68.4 Å². The molecule has 6 aromatic carbocycles. The lowest BCUT2D eigenvalue weighted by molar-refractivity contribution is -0.385. The van der Waals surface area contributed by atoms with Crippen LogP contribution in [-0.2, 0) is 22.7 Å². The topological polar surface area (TPSA) is 223 Å². The molecule has 0 radical (unpaired) electrons. The van der Waals surface area contributed by atoms with Crippen LogP contribution in [0.5, 0.6) is 23.0 Å². The van der Waals surface area contributed by atoms with Crippen LogP contribution in [0.25, 0.3) is 10.8 Å². The van der Waals surface area contributed by atoms with E-state index in [4.69, 9.17) is 28.9 Å². The van der Waals surface area contributed by atoms with Gasteiger partial charge in [0.1, 0.15) is 41.9 Å². The predicted molar refractivity (Wildman–Crippen MR) is 283 cm³/mol. The first-order valence-corrected chi connectivity index (χ1v) is 25.4. The Morgan fingerprint density at radius 3 is 2.22 bits per heavy atom. The third-order valence-electron chi connectivity index (χ3n) is 14.5. The van der Waals surface area contributed by atoms with Gasteiger partial charge in [-0.05, 0) is 120 Å². The zero-order chi connectivity index (χ0) is 53.2. The van der Waals surface area contributed by atoms with Gasteiger partial charge in [0.15, 0.2) is 0 Å². The molecule has 392 valence electrons. The van der Waals surface area contributed by atoms with Crippen LogP contribution in [0.1, 0.15) is 77.9 Å². The molecular formula is C59H58N4O13. The van der Waals surface area contributed by atoms with E-state index in [1.54, 1.807) is 53.4 Å². The minimum absolute atomic E-state index is 0.00523. The SMILES string of the molecule is C=CCOC12Oc3ccc(Oc4cccc(C=O)c4)cc3C3C(CCCCO)C(CCCCO)C=C(C(=NOCc4ccc([N+](=O)[O-])cc4)CC1N(Cc1cccc4ccccc14)C(=O)Oc1ccc([N+](=O)[O-])cc1)C32. The number of benzene rings is 6. The highest BCUT2D eigenvalue weighted by Gasteiger charge is 2.66. The van der Waals surface area contributed by atoms with E-state index < -0.39 is 39.6 Å². The van der Waals surface area contributed by atoms with Gasteiger partial charge in [0.05, 0.1) is 34.6 Å². The average Bonchev–Trinajstić information content (AvgIpc) is 3.53. The largest absolute Gasteiger partial charge is 0.459 e. The Hall–Kier alpha value is -8.25. The van der Waals surface area contributed by atoms with Crippen molar-refractivity contribution in [1.29, 1.82) is 0 Å². The number of hydrogen-bond acceptors (Lipinski definition) is 14. The number of ether oxygens (including phenoxy) is 4. The summed E-state index contributed by atoms with van der Waals surface area (Å²) < 4.78 is 27.3. The molecule has 1 heterocycles. The first kappa shape index (κ1) is 52.6. The summed E-state index contributed by atoms with van der Waals surface area (Å²) in [4.78, 5) is 57.3. The number of nitro benzene ring substituents is 2. The minimum atomic E-state index is -1.71. The van der Waals surface area contributed by atoms with E-state index in [0.29, 0.717) is 72.6 Å². The second kappa shape index (κ2) is 24.0. The summed E-state index contributed by atoms with van der Waals surface area (Å²) in [6.07, 6.45) is 7.61. The Morgan fingerprint density at radius 1 is 0.816 bits per heavy atom. The number of aldehydes is 1. The summed E-state index contributed by atoms with van der Waals surface area (Å²) in [7, 11) is 0. The Kier molecular flexibility index (Phi) is 16.6. The fourth-order valence-corrected chi connectivity index (χ4v) is 11.1. The summed E-state index contributed by atoms with van der Waals surface area (Å²) in [5, 5.41) is 50.1. The molecule has 2 N–H and O–H groups in total. The molecule has 0 saturated heterocycles. The van der Waals surface area contributed by atoms with Gasteiger partial charge in [0.2, 0.25) is 5.79 Å². The lowest BCUT2D eigenvalue weighted by Gasteiger charge is -2.59. The molecule has 2 aliphatic carbocycles. The van der Waals surface area contributed by atoms with Gasteiger partial charge < -0.3 is 34.0 Å². The van der Waals surface area contributed by atoms with Crippen molar-refractivity contribution in [2.45, 2.75) is 75.8 Å². The van der Waals surface area contributed by atoms with Crippen molar-refractivity contribution in [3.63, 3.8) is 0 Å². The molecule has 1 amide bonds. The van der Waals surface area contributed by atoms with Crippen molar-refractivity contribution in [2.75, 3.05) is 19.8 Å². The van der Waals surface area contributed by atoms with Crippen LogP contribution in [0.4, 0.5) is 16.2 Å². The maximum Gasteiger partial charge on any atom is 0.416 e. The van der Waals surface area contributed by atoms with E-state index in [1.807, 2.05) is 54.6 Å². The molecule has 1 aliphatic heterocycles. The number of aliphatic hydroxyl groups excluding tert-OH is 2. The second-order valence-corrected chi connectivity index (χ2v) is 19.1. The third-order valence-corrected chi connectivity index (χ3v) is 14.5. The number of oxime groups is 1. The van der Waals surface area contributed by atoms with Gasteiger partial charge in [-0.1, -0.05) is 84.7 Å². The van der Waals surface area contributed by atoms with Crippen molar-refractivity contribution in [3.8, 4) is 23.0 Å². The van der Waals surface area contributed by atoms with Gasteiger partial charge in [-0.2, -0.15) is 0 Å². The third kappa shape index (κ3) is 11.4. The van der Waals surface area contributed by atoms with Gasteiger partial charge in [-0.15, -0.1) is 6.58 Å². The molecule has 76 heavy (non-hydrogen) atoms. The Morgan fingerprint density at radius 2 is 1.50 bits per heavy atom. The van der Waals surface area contributed by atoms with E-state index in [1.165, 1.54) is 36.4 Å². The number of carbonyl (C=O) groups excluding carboxylic acids is 2. The first-order chi connectivity index (χ1) is 37.0. The highest BCUT2D eigenvalue weighted by atomic mass is 16.7. The zero-order valence-electron chi connectivity index (χ0n) is 41.7. The first-order valence-electron chi connectivity index (χ1n) is 25.4. The number of hydrogen-bond donors (Lipinski definition) is 2. The molecule has 0 aromatic heterocycles. The molecule has 0 bridgehead atoms. The van der Waals surface area contributed by atoms with Crippen LogP contribution in [0.2, 0.25) is 0 Å². The summed E-state index contributed by atoms with van der Waals surface area (Å²) >= 11 is 0. The Bertz CT molecular complexity index is 3140. The lowest BCUT2D eigenvalue weighted by atomic mass is 9.55. The maximum absolute atomic E-state index is 15.5. The number of carbonyl (C=O) groups is 2. The van der Waals surface area contributed by atoms with Crippen LogP contribution in [0.3, 0.4) is 0 Å². The molecule has 0 spiro atoms. The Balaban J connectivity index is 1.26. The summed E-state index contributed by atoms with van der Waals surface area (Å²) in [5.74, 6) is -1.67. The number of allylic oxidation sites excluding steroid dienone is 1. The van der Waals surface area contributed by atoms with Crippen LogP contribution in [0.15, 0.2) is 163 Å². The molecule has 1 saturated carbocycles. The van der Waals surface area contributed by atoms with Crippen LogP contribution >= 0.6 is 0 Å². The molecule has 6 aromatic rings. The van der Waals surface area contributed by atoms with Gasteiger partial charge in [0, 0.05) is 60.9 Å². The fourth-order valence-electron chi connectivity index (χ4n) is 11.1. The van der Waals surface area contributed by atoms with Gasteiger partial charge >= 0.3 is 6.09 Å². The van der Waals surface area contributed by atoms with Crippen LogP contribution in [-0.4, -0.2) is 74.7 Å². The number of fused-ring (bicyclic) bond motifs is 3. The highest BCUT2D eigenvalue weighted by Crippen LogP contribution is 2.62.